The van der Waals surface area contributed by atoms with Crippen LogP contribution in [0.25, 0.3) is 0 Å². The van der Waals surface area contributed by atoms with E-state index in [4.69, 9.17) is 0 Å². The van der Waals surface area contributed by atoms with Crippen LogP contribution in [0.5, 0.6) is 0 Å². The molecule has 0 aromatic carbocycles. The molecule has 2 bridgehead atoms. The van der Waals surface area contributed by atoms with Gasteiger partial charge < -0.3 is 4.90 Å². The average molecular weight is 343 g/mol. The third-order valence-electron chi connectivity index (χ3n) is 8.22. The third kappa shape index (κ3) is 3.17. The lowest BCUT2D eigenvalue weighted by atomic mass is 9.76. The van der Waals surface area contributed by atoms with E-state index in [1.807, 2.05) is 0 Å². The summed E-state index contributed by atoms with van der Waals surface area (Å²) in [6, 6.07) is 3.64. The Hall–Kier alpha value is -0.500. The number of likely N-dealkylation sites (tertiary alicyclic amines) is 1. The van der Waals surface area contributed by atoms with E-state index >= 15 is 0 Å². The summed E-state index contributed by atoms with van der Waals surface area (Å²) in [6.45, 7) is 1.34. The van der Waals surface area contributed by atoms with Gasteiger partial charge in [0.2, 0.25) is 0 Å². The van der Waals surface area contributed by atoms with E-state index in [9.17, 15) is 0 Å². The minimum Gasteiger partial charge on any atom is -0.368 e. The zero-order valence-electron chi connectivity index (χ0n) is 16.2. The second-order valence-electron chi connectivity index (χ2n) is 9.70. The van der Waals surface area contributed by atoms with E-state index in [0.717, 1.165) is 24.2 Å². The summed E-state index contributed by atoms with van der Waals surface area (Å²) < 4.78 is 0. The number of hydrogen-bond donors (Lipinski definition) is 0. The van der Waals surface area contributed by atoms with Crippen molar-refractivity contribution < 1.29 is 0 Å². The van der Waals surface area contributed by atoms with Crippen molar-refractivity contribution >= 4 is 0 Å². The number of piperidine rings is 3. The molecule has 1 unspecified atom stereocenters. The van der Waals surface area contributed by atoms with Gasteiger partial charge in [0, 0.05) is 36.4 Å². The van der Waals surface area contributed by atoms with Gasteiger partial charge in [0.25, 0.3) is 0 Å². The highest BCUT2D eigenvalue weighted by Crippen LogP contribution is 2.46. The van der Waals surface area contributed by atoms with Gasteiger partial charge in [-0.05, 0) is 56.9 Å². The first kappa shape index (κ1) is 16.7. The maximum atomic E-state index is 3.09. The molecule has 0 amide bonds. The van der Waals surface area contributed by atoms with Crippen molar-refractivity contribution in [1.29, 1.82) is 0 Å². The molecule has 140 valence electrons. The van der Waals surface area contributed by atoms with Crippen LogP contribution in [-0.2, 0) is 0 Å². The smallest absolute Gasteiger partial charge is 0.0409 e. The van der Waals surface area contributed by atoms with Gasteiger partial charge in [-0.2, -0.15) is 0 Å². The second kappa shape index (κ2) is 7.25. The quantitative estimate of drug-likeness (QED) is 0.642. The van der Waals surface area contributed by atoms with Gasteiger partial charge in [0.05, 0.1) is 0 Å². The number of hydrogen-bond acceptors (Lipinski definition) is 2. The number of allylic oxidation sites excluding steroid dienone is 1. The molecule has 3 aliphatic heterocycles. The Morgan fingerprint density at radius 1 is 0.560 bits per heavy atom. The van der Waals surface area contributed by atoms with Crippen LogP contribution in [-0.4, -0.2) is 40.5 Å². The van der Waals surface area contributed by atoms with Crippen molar-refractivity contribution in [1.82, 2.24) is 9.80 Å². The molecule has 0 spiro atoms. The summed E-state index contributed by atoms with van der Waals surface area (Å²) in [4.78, 5) is 5.92. The first-order valence-corrected chi connectivity index (χ1v) is 11.6. The molecule has 0 radical (unpaired) electrons. The van der Waals surface area contributed by atoms with Gasteiger partial charge in [0.1, 0.15) is 0 Å². The largest absolute Gasteiger partial charge is 0.368 e. The van der Waals surface area contributed by atoms with E-state index < -0.39 is 0 Å². The van der Waals surface area contributed by atoms with E-state index in [1.54, 1.807) is 11.3 Å². The minimum atomic E-state index is 0.894. The first-order valence-electron chi connectivity index (χ1n) is 11.6. The lowest BCUT2D eigenvalue weighted by molar-refractivity contribution is -0.0407. The maximum Gasteiger partial charge on any atom is 0.0409 e. The molecule has 2 saturated heterocycles. The van der Waals surface area contributed by atoms with Gasteiger partial charge in [-0.25, -0.2) is 0 Å². The van der Waals surface area contributed by atoms with Crippen molar-refractivity contribution in [2.75, 3.05) is 6.54 Å². The Labute approximate surface area is 155 Å². The fourth-order valence-electron chi connectivity index (χ4n) is 6.82. The van der Waals surface area contributed by atoms with Crippen LogP contribution in [0.2, 0.25) is 0 Å². The molecule has 1 saturated carbocycles. The van der Waals surface area contributed by atoms with Gasteiger partial charge in [-0.15, -0.1) is 0 Å². The van der Waals surface area contributed by atoms with E-state index in [-0.39, 0.29) is 0 Å². The van der Waals surface area contributed by atoms with Crippen LogP contribution in [0.4, 0.5) is 0 Å². The molecular formula is C23H38N2. The van der Waals surface area contributed by atoms with Gasteiger partial charge in [-0.1, -0.05) is 51.4 Å². The predicted octanol–water partition coefficient (Wildman–Crippen LogP) is 5.63. The summed E-state index contributed by atoms with van der Waals surface area (Å²) in [5.41, 5.74) is 3.58. The lowest BCUT2D eigenvalue weighted by Gasteiger charge is -2.58. The molecule has 0 N–H and O–H groups in total. The molecule has 2 heteroatoms. The second-order valence-corrected chi connectivity index (χ2v) is 9.70. The standard InChI is InChI=1S/C23H38N2/c1-2-4-6-9-19(10-7-5-3-1)25-20-11-8-12-21(25)16-22(15-20)24-17-18-13-14-23(18)24/h19-22H,1-17H2/t20-,21+,22?. The first-order chi connectivity index (χ1) is 12.4. The highest BCUT2D eigenvalue weighted by Gasteiger charge is 2.46. The van der Waals surface area contributed by atoms with Crippen LogP contribution in [0, 0.1) is 0 Å². The Kier molecular flexibility index (Phi) is 4.83. The van der Waals surface area contributed by atoms with E-state index in [2.05, 4.69) is 9.80 Å². The minimum absolute atomic E-state index is 0.894. The topological polar surface area (TPSA) is 6.48 Å². The molecule has 2 aliphatic carbocycles. The van der Waals surface area contributed by atoms with Crippen LogP contribution < -0.4 is 0 Å². The summed E-state index contributed by atoms with van der Waals surface area (Å²) in [7, 11) is 0. The van der Waals surface area contributed by atoms with Gasteiger partial charge in [0.15, 0.2) is 0 Å². The van der Waals surface area contributed by atoms with Crippen molar-refractivity contribution in [3.8, 4) is 0 Å². The fourth-order valence-corrected chi connectivity index (χ4v) is 6.82. The van der Waals surface area contributed by atoms with Crippen LogP contribution in [0.1, 0.15) is 103 Å². The Morgan fingerprint density at radius 2 is 1.16 bits per heavy atom. The number of rotatable bonds is 2. The molecule has 3 atom stereocenters. The summed E-state index contributed by atoms with van der Waals surface area (Å²) in [6.07, 6.45) is 23.7. The van der Waals surface area contributed by atoms with E-state index in [1.165, 1.54) is 109 Å². The highest BCUT2D eigenvalue weighted by molar-refractivity contribution is 5.34. The molecule has 5 aliphatic rings. The highest BCUT2D eigenvalue weighted by atomic mass is 15.3. The average Bonchev–Trinajstić information content (AvgIpc) is 2.61. The van der Waals surface area contributed by atoms with Gasteiger partial charge >= 0.3 is 0 Å². The third-order valence-corrected chi connectivity index (χ3v) is 8.22. The van der Waals surface area contributed by atoms with Crippen LogP contribution >= 0.6 is 0 Å². The Morgan fingerprint density at radius 3 is 1.68 bits per heavy atom. The van der Waals surface area contributed by atoms with Crippen molar-refractivity contribution in [3.05, 3.63) is 11.3 Å². The molecular weight excluding hydrogens is 304 g/mol. The number of fused-ring (bicyclic) bond motifs is 2. The molecule has 0 aromatic heterocycles. The van der Waals surface area contributed by atoms with Crippen LogP contribution in [0.3, 0.4) is 0 Å². The van der Waals surface area contributed by atoms with Crippen molar-refractivity contribution in [2.24, 2.45) is 0 Å². The Balaban J connectivity index is 1.26. The normalized spacial score (nSPS) is 37.9. The lowest BCUT2D eigenvalue weighted by Crippen LogP contribution is -2.61. The van der Waals surface area contributed by atoms with Crippen molar-refractivity contribution in [2.45, 2.75) is 127 Å². The molecule has 3 heterocycles. The predicted molar refractivity (Wildman–Crippen MR) is 105 cm³/mol. The monoisotopic (exact) mass is 342 g/mol. The van der Waals surface area contributed by atoms with Crippen molar-refractivity contribution in [3.63, 3.8) is 0 Å². The molecule has 0 aromatic rings. The summed E-state index contributed by atoms with van der Waals surface area (Å²) in [5, 5.41) is 0. The number of nitrogens with zero attached hydrogens (tertiary/aromatic N) is 2. The van der Waals surface area contributed by atoms with E-state index in [0.29, 0.717) is 0 Å². The molecule has 5 rings (SSSR count). The SMILES string of the molecule is C1CCCCC(N2[C@@H]3CCC[C@H]2CC(N2CC4=C2CC4)C3)CCCC1. The van der Waals surface area contributed by atoms with Crippen LogP contribution in [0.15, 0.2) is 11.3 Å². The summed E-state index contributed by atoms with van der Waals surface area (Å²) in [5.74, 6) is 0. The Bertz CT molecular complexity index is 486. The van der Waals surface area contributed by atoms with Gasteiger partial charge in [-0.3, -0.25) is 4.90 Å². The molecule has 25 heavy (non-hydrogen) atoms. The molecule has 3 fully saturated rings. The maximum absolute atomic E-state index is 3.09. The zero-order valence-corrected chi connectivity index (χ0v) is 16.2. The molecule has 2 nitrogen and oxygen atoms in total. The fraction of sp³-hybridized carbons (Fsp3) is 0.913. The summed E-state index contributed by atoms with van der Waals surface area (Å²) >= 11 is 0. The zero-order chi connectivity index (χ0) is 16.6.